The Balaban J connectivity index is 0. The molecule has 0 aliphatic heterocycles. The first-order valence-electron chi connectivity index (χ1n) is 1.31. The van der Waals surface area contributed by atoms with Crippen molar-refractivity contribution in [3.8, 4) is 0 Å². The Labute approximate surface area is 69.8 Å². The largest absolute Gasteiger partial charge is 1.00 e. The predicted octanol–water partition coefficient (Wildman–Crippen LogP) is -3.39. The van der Waals surface area contributed by atoms with E-state index in [1.165, 1.54) is 0 Å². The van der Waals surface area contributed by atoms with Crippen molar-refractivity contribution in [2.45, 2.75) is 0 Å². The van der Waals surface area contributed by atoms with Gasteiger partial charge in [-0.3, -0.25) is 0 Å². The van der Waals surface area contributed by atoms with Crippen LogP contribution >= 0.6 is 0 Å². The summed E-state index contributed by atoms with van der Waals surface area (Å²) in [6, 6.07) is 0. The van der Waals surface area contributed by atoms with Crippen molar-refractivity contribution >= 4 is 10.4 Å². The molecule has 0 saturated carbocycles. The Morgan fingerprint density at radius 3 is 2.00 bits per heavy atom. The zero-order chi connectivity index (χ0) is 5.91. The van der Waals surface area contributed by atoms with Crippen LogP contribution < -0.4 is 29.6 Å². The molecule has 0 aromatic rings. The zero-order valence-corrected chi connectivity index (χ0v) is 7.14. The van der Waals surface area contributed by atoms with E-state index in [2.05, 4.69) is 10.8 Å². The minimum absolute atomic E-state index is 0. The van der Waals surface area contributed by atoms with Crippen molar-refractivity contribution in [3.05, 3.63) is 12.8 Å². The summed E-state index contributed by atoms with van der Waals surface area (Å²) >= 11 is 0. The maximum atomic E-state index is 9.38. The molecular weight excluding hydrogens is 143 g/mol. The van der Waals surface area contributed by atoms with Gasteiger partial charge < -0.3 is 8.74 Å². The summed E-state index contributed by atoms with van der Waals surface area (Å²) in [4.78, 5) is 0. The van der Waals surface area contributed by atoms with Crippen LogP contribution in [0.5, 0.6) is 0 Å². The van der Waals surface area contributed by atoms with Crippen LogP contribution in [0.1, 0.15) is 0 Å². The van der Waals surface area contributed by atoms with Crippen LogP contribution in [0.3, 0.4) is 0 Å². The minimum atomic E-state index is -4.54. The molecule has 4 nitrogen and oxygen atoms in total. The molecule has 0 fully saturated rings. The third kappa shape index (κ3) is 9.67. The fourth-order valence-corrected chi connectivity index (χ4v) is 0.250. The molecule has 42 valence electrons. The molecule has 0 spiro atoms. The summed E-state index contributed by atoms with van der Waals surface area (Å²) in [5.74, 6) is 0. The SMILES string of the molecule is C=COS(=O)(=O)[O-].[Na+]. The zero-order valence-electron chi connectivity index (χ0n) is 4.33. The van der Waals surface area contributed by atoms with Gasteiger partial charge in [0.2, 0.25) is 0 Å². The quantitative estimate of drug-likeness (QED) is 0.176. The molecule has 8 heavy (non-hydrogen) atoms. The van der Waals surface area contributed by atoms with Crippen molar-refractivity contribution in [1.82, 2.24) is 0 Å². The van der Waals surface area contributed by atoms with Crippen molar-refractivity contribution in [1.29, 1.82) is 0 Å². The van der Waals surface area contributed by atoms with Crippen molar-refractivity contribution in [2.75, 3.05) is 0 Å². The summed E-state index contributed by atoms with van der Waals surface area (Å²) in [6.07, 6.45) is 0.558. The molecule has 0 aromatic heterocycles. The first kappa shape index (κ1) is 11.3. The monoisotopic (exact) mass is 146 g/mol. The molecule has 0 heterocycles. The third-order valence-corrected chi connectivity index (χ3v) is 0.558. The average molecular weight is 146 g/mol. The van der Waals surface area contributed by atoms with Crippen LogP contribution in [0.25, 0.3) is 0 Å². The van der Waals surface area contributed by atoms with E-state index in [1.807, 2.05) is 0 Å². The molecule has 0 N–H and O–H groups in total. The Hall–Kier alpha value is 0.450. The van der Waals surface area contributed by atoms with Gasteiger partial charge >= 0.3 is 29.6 Å². The average Bonchev–Trinajstić information content (AvgIpc) is 1.30. The van der Waals surface area contributed by atoms with E-state index in [1.54, 1.807) is 0 Å². The molecule has 0 rings (SSSR count). The van der Waals surface area contributed by atoms with Gasteiger partial charge in [-0.15, -0.1) is 0 Å². The molecule has 0 aliphatic rings. The summed E-state index contributed by atoms with van der Waals surface area (Å²) in [6.45, 7) is 2.84. The molecule has 0 aliphatic carbocycles. The van der Waals surface area contributed by atoms with Crippen LogP contribution in [0.15, 0.2) is 12.8 Å². The van der Waals surface area contributed by atoms with Crippen LogP contribution in [-0.2, 0) is 14.6 Å². The van der Waals surface area contributed by atoms with Crippen LogP contribution in [-0.4, -0.2) is 13.0 Å². The molecular formula is C2H3NaO4S. The van der Waals surface area contributed by atoms with Gasteiger partial charge in [-0.25, -0.2) is 8.42 Å². The first-order chi connectivity index (χ1) is 3.06. The Morgan fingerprint density at radius 2 is 2.00 bits per heavy atom. The van der Waals surface area contributed by atoms with Gasteiger partial charge in [-0.2, -0.15) is 0 Å². The second kappa shape index (κ2) is 4.34. The second-order valence-electron chi connectivity index (χ2n) is 0.671. The van der Waals surface area contributed by atoms with Crippen LogP contribution in [0, 0.1) is 0 Å². The summed E-state index contributed by atoms with van der Waals surface area (Å²) in [5.41, 5.74) is 0. The molecule has 6 heteroatoms. The predicted molar refractivity (Wildman–Crippen MR) is 21.0 cm³/mol. The van der Waals surface area contributed by atoms with Crippen molar-refractivity contribution < 1.29 is 46.7 Å². The van der Waals surface area contributed by atoms with Gasteiger partial charge in [-0.05, 0) is 0 Å². The molecule has 0 unspecified atom stereocenters. The van der Waals surface area contributed by atoms with Gasteiger partial charge in [-0.1, -0.05) is 6.58 Å². The van der Waals surface area contributed by atoms with E-state index >= 15 is 0 Å². The fraction of sp³-hybridized carbons (Fsp3) is 0. The molecule has 0 radical (unpaired) electrons. The van der Waals surface area contributed by atoms with E-state index in [0.717, 1.165) is 0 Å². The molecule has 0 bridgehead atoms. The van der Waals surface area contributed by atoms with Gasteiger partial charge in [0.15, 0.2) is 0 Å². The Morgan fingerprint density at radius 1 is 1.62 bits per heavy atom. The Kier molecular flexibility index (Phi) is 6.12. The topological polar surface area (TPSA) is 66.4 Å². The standard InChI is InChI=1S/C2H4O4S.Na/c1-2-6-7(3,4)5;/h2H,1H2,(H,3,4,5);/q;+1/p-1. The number of hydrogen-bond donors (Lipinski definition) is 0. The third-order valence-electron chi connectivity index (χ3n) is 0.186. The van der Waals surface area contributed by atoms with E-state index in [4.69, 9.17) is 0 Å². The van der Waals surface area contributed by atoms with Crippen molar-refractivity contribution in [3.63, 3.8) is 0 Å². The van der Waals surface area contributed by atoms with E-state index in [-0.39, 0.29) is 29.6 Å². The number of rotatable bonds is 2. The maximum Gasteiger partial charge on any atom is 1.00 e. The van der Waals surface area contributed by atoms with E-state index in [0.29, 0.717) is 6.26 Å². The smallest absolute Gasteiger partial charge is 0.716 e. The fourth-order valence-electron chi connectivity index (χ4n) is 0.0833. The first-order valence-corrected chi connectivity index (χ1v) is 2.64. The van der Waals surface area contributed by atoms with Gasteiger partial charge in [0.25, 0.3) is 10.4 Å². The maximum absolute atomic E-state index is 9.38. The van der Waals surface area contributed by atoms with Gasteiger partial charge in [0.05, 0.1) is 6.26 Å². The second-order valence-corrected chi connectivity index (χ2v) is 1.68. The van der Waals surface area contributed by atoms with Crippen molar-refractivity contribution in [2.24, 2.45) is 0 Å². The minimum Gasteiger partial charge on any atom is -0.716 e. The molecule has 0 atom stereocenters. The molecule has 0 amide bonds. The normalized spacial score (nSPS) is 9.12. The van der Waals surface area contributed by atoms with Crippen LogP contribution in [0.4, 0.5) is 0 Å². The summed E-state index contributed by atoms with van der Waals surface area (Å²) < 4.78 is 31.6. The Bertz CT molecular complexity index is 147. The summed E-state index contributed by atoms with van der Waals surface area (Å²) in [7, 11) is -4.54. The van der Waals surface area contributed by atoms with E-state index < -0.39 is 10.4 Å². The van der Waals surface area contributed by atoms with Crippen LogP contribution in [0.2, 0.25) is 0 Å². The summed E-state index contributed by atoms with van der Waals surface area (Å²) in [5, 5.41) is 0. The van der Waals surface area contributed by atoms with Gasteiger partial charge in [0.1, 0.15) is 0 Å². The number of hydrogen-bond acceptors (Lipinski definition) is 4. The molecule has 0 saturated heterocycles. The van der Waals surface area contributed by atoms with Gasteiger partial charge in [0, 0.05) is 0 Å². The van der Waals surface area contributed by atoms with E-state index in [9.17, 15) is 13.0 Å². The molecule has 0 aromatic carbocycles.